The molecule has 104 valence electrons. The van der Waals surface area contributed by atoms with Crippen molar-refractivity contribution in [3.8, 4) is 0 Å². The highest BCUT2D eigenvalue weighted by Crippen LogP contribution is 2.37. The second kappa shape index (κ2) is 6.05. The van der Waals surface area contributed by atoms with Gasteiger partial charge in [-0.25, -0.2) is 4.79 Å². The van der Waals surface area contributed by atoms with Crippen LogP contribution in [0.2, 0.25) is 0 Å². The third kappa shape index (κ3) is 3.69. The number of nitrogens with one attached hydrogen (secondary N) is 1. The minimum atomic E-state index is -1.01. The molecular weight excluding hydrogens is 268 g/mol. The number of hydrogen-bond donors (Lipinski definition) is 2. The van der Waals surface area contributed by atoms with Gasteiger partial charge in [0, 0.05) is 6.04 Å². The fourth-order valence-corrected chi connectivity index (χ4v) is 2.44. The molecule has 1 aliphatic rings. The summed E-state index contributed by atoms with van der Waals surface area (Å²) in [6, 6.07) is -0.364. The summed E-state index contributed by atoms with van der Waals surface area (Å²) in [5, 5.41) is 19.8. The first-order chi connectivity index (χ1) is 9.11. The Labute approximate surface area is 114 Å². The van der Waals surface area contributed by atoms with Crippen molar-refractivity contribution >= 4 is 23.6 Å². The summed E-state index contributed by atoms with van der Waals surface area (Å²) in [5.74, 6) is -1.17. The molecule has 0 spiro atoms. The van der Waals surface area contributed by atoms with Crippen LogP contribution in [0.1, 0.15) is 32.2 Å². The van der Waals surface area contributed by atoms with Crippen molar-refractivity contribution in [1.29, 1.82) is 0 Å². The first kappa shape index (κ1) is 13.9. The van der Waals surface area contributed by atoms with Gasteiger partial charge in [-0.3, -0.25) is 4.79 Å². The molecule has 1 atom stereocenters. The van der Waals surface area contributed by atoms with Gasteiger partial charge in [0.2, 0.25) is 5.91 Å². The second-order valence-corrected chi connectivity index (χ2v) is 5.35. The lowest BCUT2D eigenvalue weighted by Crippen LogP contribution is -2.41. The van der Waals surface area contributed by atoms with Gasteiger partial charge in [-0.2, -0.15) is 0 Å². The Kier molecular flexibility index (Phi) is 4.41. The quantitative estimate of drug-likeness (QED) is 0.715. The van der Waals surface area contributed by atoms with Gasteiger partial charge >= 0.3 is 5.97 Å². The van der Waals surface area contributed by atoms with E-state index in [0.29, 0.717) is 17.6 Å². The number of aliphatic carboxylic acids is 1. The Morgan fingerprint density at radius 1 is 1.63 bits per heavy atom. The highest BCUT2D eigenvalue weighted by Gasteiger charge is 2.26. The van der Waals surface area contributed by atoms with Gasteiger partial charge in [0.1, 0.15) is 12.4 Å². The number of carbonyl (C=O) groups is 2. The molecule has 1 fully saturated rings. The number of nitrogens with zero attached hydrogens (tertiary/aromatic N) is 3. The number of carbonyl (C=O) groups excluding carboxylic acids is 1. The van der Waals surface area contributed by atoms with Crippen LogP contribution in [-0.2, 0) is 9.59 Å². The Morgan fingerprint density at radius 2 is 2.37 bits per heavy atom. The zero-order valence-corrected chi connectivity index (χ0v) is 11.4. The van der Waals surface area contributed by atoms with Gasteiger partial charge in [0.05, 0.1) is 5.75 Å². The van der Waals surface area contributed by atoms with Gasteiger partial charge in [0.15, 0.2) is 5.16 Å². The summed E-state index contributed by atoms with van der Waals surface area (Å²) < 4.78 is 1.96. The van der Waals surface area contributed by atoms with Crippen molar-refractivity contribution in [2.75, 3.05) is 5.75 Å². The number of amides is 1. The molecule has 0 aromatic carbocycles. The molecule has 1 aromatic heterocycles. The second-order valence-electron chi connectivity index (χ2n) is 4.41. The lowest BCUT2D eigenvalue weighted by atomic mass is 10.2. The third-order valence-corrected chi connectivity index (χ3v) is 3.81. The van der Waals surface area contributed by atoms with Gasteiger partial charge in [-0.1, -0.05) is 18.7 Å². The van der Waals surface area contributed by atoms with E-state index in [2.05, 4.69) is 15.5 Å². The van der Waals surface area contributed by atoms with E-state index in [1.165, 1.54) is 11.8 Å². The van der Waals surface area contributed by atoms with Gasteiger partial charge in [-0.05, 0) is 19.3 Å². The average Bonchev–Trinajstić information content (AvgIpc) is 3.12. The summed E-state index contributed by atoms with van der Waals surface area (Å²) in [5.41, 5.74) is 0. The summed E-state index contributed by atoms with van der Waals surface area (Å²) in [7, 11) is 0. The molecule has 1 heterocycles. The summed E-state index contributed by atoms with van der Waals surface area (Å²) in [4.78, 5) is 22.5. The average molecular weight is 284 g/mol. The molecular formula is C11H16N4O3S. The molecule has 0 radical (unpaired) electrons. The molecule has 8 heteroatoms. The Morgan fingerprint density at radius 3 is 2.95 bits per heavy atom. The Bertz CT molecular complexity index is 472. The van der Waals surface area contributed by atoms with E-state index in [1.807, 2.05) is 4.57 Å². The first-order valence-corrected chi connectivity index (χ1v) is 7.14. The molecule has 1 amide bonds. The van der Waals surface area contributed by atoms with Crippen molar-refractivity contribution in [3.05, 3.63) is 6.33 Å². The molecule has 0 bridgehead atoms. The zero-order chi connectivity index (χ0) is 13.8. The molecule has 0 aliphatic heterocycles. The largest absolute Gasteiger partial charge is 0.480 e. The van der Waals surface area contributed by atoms with Gasteiger partial charge < -0.3 is 15.0 Å². The van der Waals surface area contributed by atoms with Crippen molar-refractivity contribution in [2.24, 2.45) is 0 Å². The van der Waals surface area contributed by atoms with E-state index >= 15 is 0 Å². The number of aromatic nitrogens is 3. The smallest absolute Gasteiger partial charge is 0.326 e. The minimum absolute atomic E-state index is 0.148. The summed E-state index contributed by atoms with van der Waals surface area (Å²) in [6.07, 6.45) is 4.28. The maximum atomic E-state index is 11.7. The number of hydrogen-bond acceptors (Lipinski definition) is 5. The van der Waals surface area contributed by atoms with Crippen LogP contribution in [0.3, 0.4) is 0 Å². The number of thioether (sulfide) groups is 1. The molecule has 2 rings (SSSR count). The lowest BCUT2D eigenvalue weighted by molar-refractivity contribution is -0.141. The van der Waals surface area contributed by atoms with Crippen molar-refractivity contribution in [3.63, 3.8) is 0 Å². The Balaban J connectivity index is 1.82. The highest BCUT2D eigenvalue weighted by atomic mass is 32.2. The predicted octanol–water partition coefficient (Wildman–Crippen LogP) is 0.684. The van der Waals surface area contributed by atoms with Crippen LogP contribution in [0.15, 0.2) is 11.5 Å². The molecule has 19 heavy (non-hydrogen) atoms. The zero-order valence-electron chi connectivity index (χ0n) is 10.6. The monoisotopic (exact) mass is 284 g/mol. The van der Waals surface area contributed by atoms with Crippen molar-refractivity contribution in [1.82, 2.24) is 20.1 Å². The molecule has 1 saturated carbocycles. The summed E-state index contributed by atoms with van der Waals surface area (Å²) in [6.45, 7) is 1.72. The fraction of sp³-hybridized carbons (Fsp3) is 0.636. The highest BCUT2D eigenvalue weighted by molar-refractivity contribution is 7.99. The van der Waals surface area contributed by atoms with Gasteiger partial charge in [0.25, 0.3) is 0 Å². The van der Waals surface area contributed by atoms with E-state index in [0.717, 1.165) is 12.8 Å². The Hall–Kier alpha value is -1.57. The van der Waals surface area contributed by atoms with Crippen LogP contribution < -0.4 is 5.32 Å². The van der Waals surface area contributed by atoms with Crippen LogP contribution in [0.25, 0.3) is 0 Å². The van der Waals surface area contributed by atoms with E-state index in [4.69, 9.17) is 5.11 Å². The number of rotatable bonds is 7. The molecule has 1 unspecified atom stereocenters. The number of carboxylic acids is 1. The van der Waals surface area contributed by atoms with Crippen LogP contribution in [0, 0.1) is 0 Å². The maximum Gasteiger partial charge on any atom is 0.326 e. The maximum absolute atomic E-state index is 11.7. The van der Waals surface area contributed by atoms with E-state index in [-0.39, 0.29) is 11.7 Å². The third-order valence-electron chi connectivity index (χ3n) is 2.85. The minimum Gasteiger partial charge on any atom is -0.480 e. The molecule has 1 aromatic rings. The SMILES string of the molecule is CCC(NC(=O)CSc1nncn1C1CC1)C(=O)O. The lowest BCUT2D eigenvalue weighted by Gasteiger charge is -2.11. The first-order valence-electron chi connectivity index (χ1n) is 6.16. The fourth-order valence-electron chi connectivity index (χ4n) is 1.64. The molecule has 1 aliphatic carbocycles. The van der Waals surface area contributed by atoms with Crippen LogP contribution in [0.5, 0.6) is 0 Å². The topological polar surface area (TPSA) is 97.1 Å². The normalized spacial score (nSPS) is 16.1. The molecule has 2 N–H and O–H groups in total. The summed E-state index contributed by atoms with van der Waals surface area (Å²) >= 11 is 1.28. The predicted molar refractivity (Wildman–Crippen MR) is 68.9 cm³/mol. The van der Waals surface area contributed by atoms with Crippen molar-refractivity contribution < 1.29 is 14.7 Å². The van der Waals surface area contributed by atoms with Crippen LogP contribution >= 0.6 is 11.8 Å². The van der Waals surface area contributed by atoms with E-state index in [1.54, 1.807) is 13.3 Å². The molecule has 7 nitrogen and oxygen atoms in total. The number of carboxylic acid groups (broad SMARTS) is 1. The van der Waals surface area contributed by atoms with Gasteiger partial charge in [-0.15, -0.1) is 10.2 Å². The van der Waals surface area contributed by atoms with Crippen LogP contribution in [0.4, 0.5) is 0 Å². The van der Waals surface area contributed by atoms with E-state index < -0.39 is 12.0 Å². The van der Waals surface area contributed by atoms with Crippen LogP contribution in [-0.4, -0.2) is 43.5 Å². The molecule has 0 saturated heterocycles. The van der Waals surface area contributed by atoms with Crippen molar-refractivity contribution in [2.45, 2.75) is 43.4 Å². The van der Waals surface area contributed by atoms with E-state index in [9.17, 15) is 9.59 Å². The standard InChI is InChI=1S/C11H16N4O3S/c1-2-8(10(17)18)13-9(16)5-19-11-14-12-6-15(11)7-3-4-7/h6-8H,2-5H2,1H3,(H,13,16)(H,17,18).